The van der Waals surface area contributed by atoms with Crippen LogP contribution in [0.4, 0.5) is 4.79 Å². The minimum atomic E-state index is -1.80. The highest BCUT2D eigenvalue weighted by Crippen LogP contribution is 2.26. The molecule has 27 heavy (non-hydrogen) atoms. The van der Waals surface area contributed by atoms with Crippen molar-refractivity contribution < 1.29 is 34.3 Å². The Bertz CT molecular complexity index is 601. The summed E-state index contributed by atoms with van der Waals surface area (Å²) in [4.78, 5) is 11.8. The zero-order valence-electron chi connectivity index (χ0n) is 14.0. The molecule has 4 N–H and O–H groups in total. The van der Waals surface area contributed by atoms with E-state index in [4.69, 9.17) is 49.0 Å². The van der Waals surface area contributed by atoms with Crippen molar-refractivity contribution in [3.05, 3.63) is 35.9 Å². The SMILES string of the molecule is O=C(N[C@@H]1[C@@H](O)[C@H](OCc2ccccc2)[C@@H](CO)O[C@@H]1O)OCC(Cl)(Cl)Cl. The number of rotatable bonds is 6. The number of alkyl halides is 3. The van der Waals surface area contributed by atoms with Crippen molar-refractivity contribution in [2.45, 2.75) is 41.0 Å². The molecule has 1 aliphatic heterocycles. The third kappa shape index (κ3) is 6.92. The summed E-state index contributed by atoms with van der Waals surface area (Å²) in [6, 6.07) is 7.86. The predicted molar refractivity (Wildman–Crippen MR) is 97.6 cm³/mol. The van der Waals surface area contributed by atoms with Crippen molar-refractivity contribution in [1.82, 2.24) is 5.32 Å². The third-order valence-corrected chi connectivity index (χ3v) is 4.14. The van der Waals surface area contributed by atoms with Crippen molar-refractivity contribution >= 4 is 40.9 Å². The second-order valence-electron chi connectivity index (χ2n) is 5.86. The van der Waals surface area contributed by atoms with Gasteiger partial charge in [0.25, 0.3) is 0 Å². The van der Waals surface area contributed by atoms with E-state index >= 15 is 0 Å². The molecule has 0 spiro atoms. The van der Waals surface area contributed by atoms with E-state index in [9.17, 15) is 20.1 Å². The molecule has 1 amide bonds. The number of amides is 1. The molecule has 11 heteroatoms. The summed E-state index contributed by atoms with van der Waals surface area (Å²) in [6.07, 6.45) is -6.03. The lowest BCUT2D eigenvalue weighted by Gasteiger charge is -2.42. The molecule has 1 fully saturated rings. The number of carbonyl (C=O) groups is 1. The van der Waals surface area contributed by atoms with Crippen LogP contribution in [-0.4, -0.2) is 69.1 Å². The van der Waals surface area contributed by atoms with Crippen LogP contribution in [0.25, 0.3) is 0 Å². The predicted octanol–water partition coefficient (Wildman–Crippen LogP) is 1.11. The zero-order chi connectivity index (χ0) is 20.0. The number of ether oxygens (including phenoxy) is 3. The van der Waals surface area contributed by atoms with E-state index in [1.807, 2.05) is 30.3 Å². The quantitative estimate of drug-likeness (QED) is 0.486. The summed E-state index contributed by atoms with van der Waals surface area (Å²) in [5.41, 5.74) is 0.833. The van der Waals surface area contributed by atoms with Gasteiger partial charge in [0.2, 0.25) is 3.79 Å². The molecule has 5 atom stereocenters. The van der Waals surface area contributed by atoms with Gasteiger partial charge in [-0.05, 0) is 5.56 Å². The Morgan fingerprint density at radius 2 is 1.89 bits per heavy atom. The molecule has 0 radical (unpaired) electrons. The first-order chi connectivity index (χ1) is 12.7. The van der Waals surface area contributed by atoms with Gasteiger partial charge in [-0.2, -0.15) is 0 Å². The van der Waals surface area contributed by atoms with Gasteiger partial charge in [-0.25, -0.2) is 4.79 Å². The first kappa shape index (κ1) is 22.4. The van der Waals surface area contributed by atoms with E-state index < -0.39 is 53.7 Å². The van der Waals surface area contributed by atoms with Gasteiger partial charge in [-0.3, -0.25) is 0 Å². The van der Waals surface area contributed by atoms with Crippen LogP contribution in [0.1, 0.15) is 5.56 Å². The Balaban J connectivity index is 2.00. The van der Waals surface area contributed by atoms with Crippen LogP contribution >= 0.6 is 34.8 Å². The van der Waals surface area contributed by atoms with Gasteiger partial charge < -0.3 is 34.8 Å². The van der Waals surface area contributed by atoms with Gasteiger partial charge >= 0.3 is 6.09 Å². The molecule has 0 unspecified atom stereocenters. The maximum Gasteiger partial charge on any atom is 0.407 e. The summed E-state index contributed by atoms with van der Waals surface area (Å²) in [5, 5.41) is 32.2. The fourth-order valence-corrected chi connectivity index (χ4v) is 2.70. The van der Waals surface area contributed by atoms with E-state index in [2.05, 4.69) is 5.32 Å². The number of aliphatic hydroxyl groups excluding tert-OH is 3. The largest absolute Gasteiger partial charge is 0.445 e. The Hall–Kier alpha value is -0.840. The molecule has 1 aliphatic rings. The Labute approximate surface area is 170 Å². The zero-order valence-corrected chi connectivity index (χ0v) is 16.3. The molecule has 1 heterocycles. The van der Waals surface area contributed by atoms with E-state index in [1.54, 1.807) is 0 Å². The lowest BCUT2D eigenvalue weighted by Crippen LogP contribution is -2.64. The number of benzene rings is 1. The normalized spacial score (nSPS) is 28.6. The Kier molecular flexibility index (Phi) is 8.39. The maximum atomic E-state index is 11.8. The van der Waals surface area contributed by atoms with Crippen molar-refractivity contribution in [2.24, 2.45) is 0 Å². The molecular weight excluding hydrogens is 425 g/mol. The number of alkyl carbamates (subject to hydrolysis) is 1. The molecule has 1 saturated heterocycles. The fraction of sp³-hybridized carbons (Fsp3) is 0.562. The Morgan fingerprint density at radius 3 is 2.48 bits per heavy atom. The minimum absolute atomic E-state index is 0.128. The maximum absolute atomic E-state index is 11.8. The van der Waals surface area contributed by atoms with Gasteiger partial charge in [0.05, 0.1) is 13.2 Å². The van der Waals surface area contributed by atoms with Gasteiger partial charge in [0, 0.05) is 0 Å². The van der Waals surface area contributed by atoms with Crippen LogP contribution in [0.3, 0.4) is 0 Å². The summed E-state index contributed by atoms with van der Waals surface area (Å²) in [7, 11) is 0. The number of aliphatic hydroxyl groups is 3. The highest BCUT2D eigenvalue weighted by Gasteiger charge is 2.46. The molecule has 0 aromatic heterocycles. The van der Waals surface area contributed by atoms with Gasteiger partial charge in [0.15, 0.2) is 6.29 Å². The second-order valence-corrected chi connectivity index (χ2v) is 8.38. The number of hydrogen-bond acceptors (Lipinski definition) is 7. The molecule has 1 aromatic carbocycles. The monoisotopic (exact) mass is 443 g/mol. The lowest BCUT2D eigenvalue weighted by atomic mass is 9.97. The van der Waals surface area contributed by atoms with Crippen LogP contribution in [0.2, 0.25) is 0 Å². The fourth-order valence-electron chi connectivity index (χ4n) is 2.54. The molecule has 0 saturated carbocycles. The highest BCUT2D eigenvalue weighted by atomic mass is 35.6. The third-order valence-electron chi connectivity index (χ3n) is 3.81. The van der Waals surface area contributed by atoms with E-state index in [0.29, 0.717) is 0 Å². The smallest absolute Gasteiger partial charge is 0.407 e. The first-order valence-corrected chi connectivity index (χ1v) is 9.12. The van der Waals surface area contributed by atoms with Crippen molar-refractivity contribution in [1.29, 1.82) is 0 Å². The molecule has 0 aliphatic carbocycles. The number of carbonyl (C=O) groups excluding carboxylic acids is 1. The number of hydrogen-bond donors (Lipinski definition) is 4. The first-order valence-electron chi connectivity index (χ1n) is 7.99. The van der Waals surface area contributed by atoms with E-state index in [-0.39, 0.29) is 6.61 Å². The molecular formula is C16H20Cl3NO7. The average molecular weight is 445 g/mol. The molecule has 2 rings (SSSR count). The summed E-state index contributed by atoms with van der Waals surface area (Å²) >= 11 is 16.5. The number of nitrogens with one attached hydrogen (secondary N) is 1. The van der Waals surface area contributed by atoms with Crippen LogP contribution in [0.5, 0.6) is 0 Å². The van der Waals surface area contributed by atoms with Gasteiger partial charge in [0.1, 0.15) is 31.0 Å². The number of halogens is 3. The summed E-state index contributed by atoms with van der Waals surface area (Å²) in [5.74, 6) is 0. The van der Waals surface area contributed by atoms with Crippen LogP contribution < -0.4 is 5.32 Å². The molecule has 8 nitrogen and oxygen atoms in total. The summed E-state index contributed by atoms with van der Waals surface area (Å²) in [6.45, 7) is -0.905. The summed E-state index contributed by atoms with van der Waals surface area (Å²) < 4.78 is 13.8. The lowest BCUT2D eigenvalue weighted by molar-refractivity contribution is -0.264. The van der Waals surface area contributed by atoms with Crippen molar-refractivity contribution in [3.8, 4) is 0 Å². The molecule has 0 bridgehead atoms. The van der Waals surface area contributed by atoms with Crippen LogP contribution in [-0.2, 0) is 20.8 Å². The van der Waals surface area contributed by atoms with Gasteiger partial charge in [-0.15, -0.1) is 0 Å². The standard InChI is InChI=1S/C16H20Cl3NO7/c17-16(18,19)8-26-15(24)20-11-12(22)13(10(6-21)27-14(11)23)25-7-9-4-2-1-3-5-9/h1-5,10-14,21-23H,6-8H2,(H,20,24)/t10-,11-,12-,13-,14+/m1/s1. The van der Waals surface area contributed by atoms with Crippen molar-refractivity contribution in [2.75, 3.05) is 13.2 Å². The molecule has 152 valence electrons. The topological polar surface area (TPSA) is 117 Å². The van der Waals surface area contributed by atoms with Crippen molar-refractivity contribution in [3.63, 3.8) is 0 Å². The Morgan fingerprint density at radius 1 is 1.22 bits per heavy atom. The van der Waals surface area contributed by atoms with E-state index in [1.165, 1.54) is 0 Å². The van der Waals surface area contributed by atoms with Crippen LogP contribution in [0.15, 0.2) is 30.3 Å². The minimum Gasteiger partial charge on any atom is -0.445 e. The van der Waals surface area contributed by atoms with Crippen LogP contribution in [0, 0.1) is 0 Å². The van der Waals surface area contributed by atoms with E-state index in [0.717, 1.165) is 5.56 Å². The molecule has 1 aromatic rings. The second kappa shape index (κ2) is 10.1. The van der Waals surface area contributed by atoms with Gasteiger partial charge in [-0.1, -0.05) is 65.1 Å². The average Bonchev–Trinajstić information content (AvgIpc) is 2.62. The highest BCUT2D eigenvalue weighted by molar-refractivity contribution is 6.67.